The molecule has 3 N–H and O–H groups in total. The van der Waals surface area contributed by atoms with Crippen LogP contribution in [0.4, 0.5) is 0 Å². The predicted octanol–water partition coefficient (Wildman–Crippen LogP) is 6.12. The number of nitrogens with zero attached hydrogens (tertiary/aromatic N) is 3. The molecular weight excluding hydrogens is 618 g/mol. The van der Waals surface area contributed by atoms with E-state index in [4.69, 9.17) is 0 Å². The Morgan fingerprint density at radius 1 is 1.14 bits per heavy atom. The quantitative estimate of drug-likeness (QED) is 0.0978. The maximum absolute atomic E-state index is 12.5. The van der Waals surface area contributed by atoms with Gasteiger partial charge in [-0.25, -0.2) is 5.43 Å². The third-order valence-electron chi connectivity index (χ3n) is 5.49. The molecule has 0 aliphatic rings. The van der Waals surface area contributed by atoms with Gasteiger partial charge in [0.05, 0.1) is 27.1 Å². The number of hydrogen-bond acceptors (Lipinski definition) is 5. The Hall–Kier alpha value is -2.95. The molecule has 37 heavy (non-hydrogen) atoms. The molecule has 0 bridgehead atoms. The number of hydrazone groups is 1. The number of rotatable bonds is 7. The van der Waals surface area contributed by atoms with Crippen molar-refractivity contribution in [3.05, 3.63) is 86.8 Å². The van der Waals surface area contributed by atoms with Crippen LogP contribution in [0.1, 0.15) is 31.9 Å². The number of hydrogen-bond donors (Lipinski definition) is 3. The number of aromatic amines is 1. The molecule has 0 atom stereocenters. The van der Waals surface area contributed by atoms with Gasteiger partial charge in [0, 0.05) is 10.0 Å². The number of thioether (sulfide) groups is 1. The van der Waals surface area contributed by atoms with E-state index >= 15 is 0 Å². The Morgan fingerprint density at radius 2 is 1.84 bits per heavy atom. The fraction of sp³-hybridized carbons (Fsp3) is 0.185. The first-order valence-electron chi connectivity index (χ1n) is 11.4. The summed E-state index contributed by atoms with van der Waals surface area (Å²) in [6.45, 7) is 6.56. The van der Waals surface area contributed by atoms with Crippen molar-refractivity contribution in [3.63, 3.8) is 0 Å². The Bertz CT molecular complexity index is 1430. The standard InChI is InChI=1S/C27H25Br2N5O2S/c1-27(2,3)19-11-9-17(10-12-19)25-32-33-26(34(25)21-7-5-4-6-8-21)37-16-23(35)31-30-15-18-13-20(28)14-22(29)24(18)36/h4-15H,16H2,1-3H3,(H2,30,31,35,36)/p+1. The van der Waals surface area contributed by atoms with Crippen LogP contribution in [-0.2, 0) is 10.2 Å². The van der Waals surface area contributed by atoms with E-state index in [1.54, 1.807) is 12.1 Å². The van der Waals surface area contributed by atoms with Crippen molar-refractivity contribution in [2.75, 3.05) is 5.75 Å². The molecule has 3 aromatic carbocycles. The molecule has 0 unspecified atom stereocenters. The largest absolute Gasteiger partial charge is 0.506 e. The SMILES string of the molecule is CC(C)(C)c1ccc(-c2[nH]nc(SCC(=O)N/N=C/c3cc(Br)cc(Br)c3O)[n+]2-c2ccccc2)cc1. The third-order valence-corrected chi connectivity index (χ3v) is 7.49. The second-order valence-electron chi connectivity index (χ2n) is 9.26. The van der Waals surface area contributed by atoms with Crippen LogP contribution < -0.4 is 9.99 Å². The molecule has 1 aromatic heterocycles. The highest BCUT2D eigenvalue weighted by molar-refractivity contribution is 9.11. The van der Waals surface area contributed by atoms with E-state index in [2.05, 4.69) is 97.6 Å². The van der Waals surface area contributed by atoms with Gasteiger partial charge in [-0.15, -0.1) is 5.10 Å². The second kappa shape index (κ2) is 11.6. The van der Waals surface area contributed by atoms with Crippen molar-refractivity contribution in [1.82, 2.24) is 15.6 Å². The van der Waals surface area contributed by atoms with Crippen LogP contribution in [0.15, 0.2) is 85.9 Å². The molecule has 0 aliphatic carbocycles. The molecule has 0 radical (unpaired) electrons. The third kappa shape index (κ3) is 6.68. The summed E-state index contributed by atoms with van der Waals surface area (Å²) in [5, 5.41) is 22.4. The van der Waals surface area contributed by atoms with Crippen LogP contribution in [0.25, 0.3) is 17.1 Å². The average molecular weight is 644 g/mol. The summed E-state index contributed by atoms with van der Waals surface area (Å²) in [5.74, 6) is 0.668. The van der Waals surface area contributed by atoms with Gasteiger partial charge < -0.3 is 5.11 Å². The van der Waals surface area contributed by atoms with E-state index in [-0.39, 0.29) is 22.8 Å². The number of para-hydroxylation sites is 1. The number of phenolic OH excluding ortho intramolecular Hbond substituents is 1. The van der Waals surface area contributed by atoms with Gasteiger partial charge in [0.1, 0.15) is 11.4 Å². The van der Waals surface area contributed by atoms with E-state index < -0.39 is 0 Å². The molecule has 4 rings (SSSR count). The molecule has 10 heteroatoms. The first kappa shape index (κ1) is 27.1. The van der Waals surface area contributed by atoms with Gasteiger partial charge in [0.25, 0.3) is 11.7 Å². The normalized spacial score (nSPS) is 11.7. The number of phenols is 1. The van der Waals surface area contributed by atoms with E-state index in [1.807, 2.05) is 34.9 Å². The van der Waals surface area contributed by atoms with Gasteiger partial charge >= 0.3 is 5.16 Å². The van der Waals surface area contributed by atoms with Crippen LogP contribution in [0.3, 0.4) is 0 Å². The zero-order valence-corrected chi connectivity index (χ0v) is 24.5. The number of amides is 1. The van der Waals surface area contributed by atoms with Crippen molar-refractivity contribution in [3.8, 4) is 22.8 Å². The highest BCUT2D eigenvalue weighted by Crippen LogP contribution is 2.30. The monoisotopic (exact) mass is 642 g/mol. The molecule has 0 fully saturated rings. The lowest BCUT2D eigenvalue weighted by molar-refractivity contribution is -0.625. The molecule has 4 aromatic rings. The molecule has 0 spiro atoms. The number of benzene rings is 3. The summed E-state index contributed by atoms with van der Waals surface area (Å²) in [6.07, 6.45) is 1.39. The second-order valence-corrected chi connectivity index (χ2v) is 12.0. The minimum atomic E-state index is -0.298. The lowest BCUT2D eigenvalue weighted by Gasteiger charge is -2.18. The maximum atomic E-state index is 12.5. The van der Waals surface area contributed by atoms with Gasteiger partial charge in [-0.2, -0.15) is 9.67 Å². The Morgan fingerprint density at radius 3 is 2.51 bits per heavy atom. The molecule has 7 nitrogen and oxygen atoms in total. The van der Waals surface area contributed by atoms with Gasteiger partial charge in [0.2, 0.25) is 0 Å². The number of aromatic hydroxyl groups is 1. The highest BCUT2D eigenvalue weighted by Gasteiger charge is 2.25. The Balaban J connectivity index is 1.52. The first-order valence-corrected chi connectivity index (χ1v) is 14.0. The molecule has 190 valence electrons. The molecule has 1 heterocycles. The molecule has 0 aliphatic heterocycles. The van der Waals surface area contributed by atoms with E-state index in [9.17, 15) is 9.90 Å². The number of carbonyl (C=O) groups excluding carboxylic acids is 1. The van der Waals surface area contributed by atoms with Crippen LogP contribution in [0, 0.1) is 0 Å². The van der Waals surface area contributed by atoms with Crippen molar-refractivity contribution < 1.29 is 14.5 Å². The van der Waals surface area contributed by atoms with Gasteiger partial charge in [0.15, 0.2) is 0 Å². The lowest BCUT2D eigenvalue weighted by Crippen LogP contribution is -2.34. The van der Waals surface area contributed by atoms with Crippen molar-refractivity contribution in [2.24, 2.45) is 5.10 Å². The molecule has 0 saturated heterocycles. The van der Waals surface area contributed by atoms with Crippen LogP contribution >= 0.6 is 43.6 Å². The Labute approximate surface area is 236 Å². The number of carbonyl (C=O) groups is 1. The number of nitrogens with one attached hydrogen (secondary N) is 2. The zero-order chi connectivity index (χ0) is 26.6. The highest BCUT2D eigenvalue weighted by atomic mass is 79.9. The minimum Gasteiger partial charge on any atom is -0.506 e. The van der Waals surface area contributed by atoms with Crippen LogP contribution in [0.2, 0.25) is 0 Å². The van der Waals surface area contributed by atoms with Crippen molar-refractivity contribution in [2.45, 2.75) is 31.3 Å². The topological polar surface area (TPSA) is 94.2 Å². The fourth-order valence-electron chi connectivity index (χ4n) is 3.55. The summed E-state index contributed by atoms with van der Waals surface area (Å²) >= 11 is 7.95. The maximum Gasteiger partial charge on any atom is 0.342 e. The fourth-order valence-corrected chi connectivity index (χ4v) is 5.57. The molecule has 1 amide bonds. The van der Waals surface area contributed by atoms with E-state index in [1.165, 1.54) is 23.5 Å². The van der Waals surface area contributed by atoms with Gasteiger partial charge in [-0.1, -0.05) is 67.0 Å². The van der Waals surface area contributed by atoms with E-state index in [0.717, 1.165) is 21.5 Å². The minimum absolute atomic E-state index is 0.0408. The van der Waals surface area contributed by atoms with Crippen molar-refractivity contribution >= 4 is 55.7 Å². The number of H-pyrrole nitrogens is 1. The lowest BCUT2D eigenvalue weighted by atomic mass is 9.87. The predicted molar refractivity (Wildman–Crippen MR) is 154 cm³/mol. The van der Waals surface area contributed by atoms with Gasteiger partial charge in [-0.05, 0) is 75.1 Å². The number of halogens is 2. The summed E-state index contributed by atoms with van der Waals surface area (Å²) < 4.78 is 3.30. The molecule has 0 saturated carbocycles. The smallest absolute Gasteiger partial charge is 0.342 e. The molecular formula is C27H26Br2N5O2S+. The van der Waals surface area contributed by atoms with Crippen molar-refractivity contribution in [1.29, 1.82) is 0 Å². The van der Waals surface area contributed by atoms with Crippen LogP contribution in [-0.4, -0.2) is 33.2 Å². The summed E-state index contributed by atoms with van der Waals surface area (Å²) in [4.78, 5) is 12.5. The van der Waals surface area contributed by atoms with Gasteiger partial charge in [-0.3, -0.25) is 4.79 Å². The Kier molecular flexibility index (Phi) is 8.51. The number of aromatic nitrogens is 3. The average Bonchev–Trinajstić information content (AvgIpc) is 3.29. The van der Waals surface area contributed by atoms with E-state index in [0.29, 0.717) is 15.2 Å². The first-order chi connectivity index (χ1) is 17.6. The zero-order valence-electron chi connectivity index (χ0n) is 20.5. The summed E-state index contributed by atoms with van der Waals surface area (Å²) in [7, 11) is 0. The summed E-state index contributed by atoms with van der Waals surface area (Å²) in [6, 6.07) is 21.7. The van der Waals surface area contributed by atoms with Crippen LogP contribution in [0.5, 0.6) is 5.75 Å². The summed E-state index contributed by atoms with van der Waals surface area (Å²) in [5.41, 5.74) is 6.20.